The minimum atomic E-state index is -3.73. The maximum absolute atomic E-state index is 12.0. The lowest BCUT2D eigenvalue weighted by Gasteiger charge is -2.15. The van der Waals surface area contributed by atoms with Crippen LogP contribution in [0.3, 0.4) is 0 Å². The Morgan fingerprint density at radius 1 is 1.24 bits per heavy atom. The van der Waals surface area contributed by atoms with E-state index in [9.17, 15) is 19.6 Å². The molecule has 2 aromatic carbocycles. The normalized spacial score (nSPS) is 13.7. The minimum Gasteiger partial charge on any atom is -0.334 e. The maximum Gasteiger partial charge on any atom is 0.282 e. The number of hydrogen-bond acceptors (Lipinski definition) is 3. The molecule has 0 aliphatic heterocycles. The first-order valence-corrected chi connectivity index (χ1v) is 9.08. The number of aryl methyl sites for hydroxylation is 1. The van der Waals surface area contributed by atoms with E-state index >= 15 is 0 Å². The smallest absolute Gasteiger partial charge is 0.282 e. The van der Waals surface area contributed by atoms with E-state index in [4.69, 9.17) is 0 Å². The highest BCUT2D eigenvalue weighted by Gasteiger charge is 2.22. The van der Waals surface area contributed by atoms with E-state index in [-0.39, 0.29) is 11.0 Å². The largest absolute Gasteiger partial charge is 0.334 e. The summed E-state index contributed by atoms with van der Waals surface area (Å²) >= 11 is 3.81. The van der Waals surface area contributed by atoms with Gasteiger partial charge in [0.15, 0.2) is 0 Å². The van der Waals surface area contributed by atoms with Gasteiger partial charge in [-0.05, 0) is 41.3 Å². The molecule has 1 N–H and O–H groups in total. The summed E-state index contributed by atoms with van der Waals surface area (Å²) in [6.07, 6.45) is 0.675. The first kappa shape index (κ1) is 15.8. The van der Waals surface area contributed by atoms with Crippen molar-refractivity contribution in [2.24, 2.45) is 0 Å². The van der Waals surface area contributed by atoms with E-state index in [1.807, 2.05) is 13.0 Å². The van der Waals surface area contributed by atoms with Gasteiger partial charge in [0.25, 0.3) is 12.3 Å². The lowest BCUT2D eigenvalue weighted by molar-refractivity contribution is -0.384. The molecule has 21 heavy (non-hydrogen) atoms. The summed E-state index contributed by atoms with van der Waals surface area (Å²) in [5, 5.41) is 11.0. The number of benzene rings is 2. The van der Waals surface area contributed by atoms with Crippen LogP contribution in [-0.4, -0.2) is 9.82 Å². The van der Waals surface area contributed by atoms with Crippen molar-refractivity contribution in [1.29, 1.82) is 0 Å². The van der Waals surface area contributed by atoms with E-state index in [0.29, 0.717) is 17.5 Å². The predicted molar refractivity (Wildman–Crippen MR) is 86.4 cm³/mol. The molecule has 1 unspecified atom stereocenters. The van der Waals surface area contributed by atoms with Crippen molar-refractivity contribution in [3.63, 3.8) is 0 Å². The van der Waals surface area contributed by atoms with E-state index in [0.717, 1.165) is 5.56 Å². The fourth-order valence-electron chi connectivity index (χ4n) is 2.21. The monoisotopic (exact) mass is 323 g/mol. The van der Waals surface area contributed by atoms with E-state index in [2.05, 4.69) is 12.2 Å². The van der Waals surface area contributed by atoms with Crippen LogP contribution in [0.4, 0.5) is 5.69 Å². The zero-order valence-corrected chi connectivity index (χ0v) is 13.1. The van der Waals surface area contributed by atoms with Crippen molar-refractivity contribution in [2.45, 2.75) is 13.3 Å². The quantitative estimate of drug-likeness (QED) is 0.390. The Labute approximate surface area is 127 Å². The number of nitrogens with zero attached hydrogens (tertiary/aromatic N) is 1. The first-order chi connectivity index (χ1) is 9.84. The van der Waals surface area contributed by atoms with E-state index < -0.39 is 11.5 Å². The summed E-state index contributed by atoms with van der Waals surface area (Å²) in [7, 11) is 0. The highest BCUT2D eigenvalue weighted by Crippen LogP contribution is 2.47. The fraction of sp³-hybridized carbons (Fsp3) is 0.143. The van der Waals surface area contributed by atoms with E-state index in [1.54, 1.807) is 24.3 Å². The predicted octanol–water partition coefficient (Wildman–Crippen LogP) is 3.56. The van der Waals surface area contributed by atoms with Gasteiger partial charge in [0.1, 0.15) is 0 Å². The molecular formula is C14H14NO4PS. The van der Waals surface area contributed by atoms with Crippen LogP contribution in [0, 0.1) is 10.1 Å². The van der Waals surface area contributed by atoms with Gasteiger partial charge < -0.3 is 4.89 Å². The van der Waals surface area contributed by atoms with Crippen molar-refractivity contribution in [3.05, 3.63) is 58.1 Å². The Kier molecular flexibility index (Phi) is 4.52. The zero-order chi connectivity index (χ0) is 15.6. The molecule has 2 rings (SSSR count). The molecule has 0 aliphatic carbocycles. The number of rotatable bonds is 4. The summed E-state index contributed by atoms with van der Waals surface area (Å²) in [6.45, 7) is -1.79. The van der Waals surface area contributed by atoms with Gasteiger partial charge in [-0.15, -0.1) is 0 Å². The number of non-ortho nitro benzene ring substituents is 1. The molecule has 0 aromatic heterocycles. The van der Waals surface area contributed by atoms with Crippen LogP contribution >= 0.6 is 18.8 Å². The van der Waals surface area contributed by atoms with E-state index in [1.165, 1.54) is 12.1 Å². The summed E-state index contributed by atoms with van der Waals surface area (Å²) in [4.78, 5) is 20.0. The first-order valence-electron chi connectivity index (χ1n) is 6.27. The second kappa shape index (κ2) is 6.02. The van der Waals surface area contributed by atoms with Gasteiger partial charge in [-0.2, -0.15) is 0 Å². The van der Waals surface area contributed by atoms with Gasteiger partial charge in [0, 0.05) is 12.1 Å². The molecule has 0 saturated heterocycles. The number of nitro groups is 1. The van der Waals surface area contributed by atoms with Crippen molar-refractivity contribution in [3.8, 4) is 11.1 Å². The molecule has 0 spiro atoms. The second-order valence-electron chi connectivity index (χ2n) is 4.51. The molecule has 5 nitrogen and oxygen atoms in total. The molecule has 0 saturated carbocycles. The van der Waals surface area contributed by atoms with Crippen LogP contribution in [0.15, 0.2) is 42.5 Å². The Balaban J connectivity index is 2.66. The standard InChI is InChI=1S/C14H14NO4PS/c1-2-10-4-3-5-13(20(18,19)21)14(10)11-6-8-12(9-7-11)15(16)17/h3-9H,2H2,1H3,(H2,18,19,21). The second-order valence-corrected chi connectivity index (χ2v) is 7.71. The molecule has 7 heteroatoms. The van der Waals surface area contributed by atoms with Gasteiger partial charge in [0.2, 0.25) is 0 Å². The van der Waals surface area contributed by atoms with Gasteiger partial charge in [-0.3, -0.25) is 14.7 Å². The molecule has 1 atom stereocenters. The van der Waals surface area contributed by atoms with Crippen LogP contribution in [-0.2, 0) is 11.0 Å². The number of thiol groups is 1. The zero-order valence-electron chi connectivity index (χ0n) is 11.3. The lowest BCUT2D eigenvalue weighted by Crippen LogP contribution is -2.08. The molecule has 0 bridgehead atoms. The third kappa shape index (κ3) is 3.35. The maximum atomic E-state index is 12.0. The van der Waals surface area contributed by atoms with Crippen LogP contribution < -0.4 is 5.30 Å². The minimum absolute atomic E-state index is 0.0210. The third-order valence-electron chi connectivity index (χ3n) is 3.19. The van der Waals surface area contributed by atoms with Crippen molar-refractivity contribution in [2.75, 3.05) is 0 Å². The number of hydrogen-bond donors (Lipinski definition) is 2. The molecule has 0 heterocycles. The lowest BCUT2D eigenvalue weighted by atomic mass is 9.98. The van der Waals surface area contributed by atoms with Gasteiger partial charge >= 0.3 is 0 Å². The Morgan fingerprint density at radius 3 is 2.33 bits per heavy atom. The SMILES string of the molecule is CCc1cccc(P(=O)(O)S)c1-c1ccc([N+](=O)[O-])cc1. The van der Waals surface area contributed by atoms with Crippen LogP contribution in [0.2, 0.25) is 0 Å². The van der Waals surface area contributed by atoms with Gasteiger partial charge in [-0.25, -0.2) is 0 Å². The van der Waals surface area contributed by atoms with Crippen molar-refractivity contribution in [1.82, 2.24) is 0 Å². The van der Waals surface area contributed by atoms with Crippen LogP contribution in [0.5, 0.6) is 0 Å². The van der Waals surface area contributed by atoms with Gasteiger partial charge in [-0.1, -0.05) is 31.3 Å². The number of nitro benzene ring substituents is 1. The Morgan fingerprint density at radius 2 is 1.86 bits per heavy atom. The topological polar surface area (TPSA) is 80.4 Å². The Bertz CT molecular complexity index is 724. The van der Waals surface area contributed by atoms with Crippen molar-refractivity contribution >= 4 is 29.8 Å². The average molecular weight is 323 g/mol. The highest BCUT2D eigenvalue weighted by molar-refractivity contribution is 8.48. The summed E-state index contributed by atoms with van der Waals surface area (Å²) in [5.41, 5.74) is 2.16. The molecular weight excluding hydrogens is 309 g/mol. The Hall–Kier alpha value is -1.62. The molecule has 2 aromatic rings. The van der Waals surface area contributed by atoms with Gasteiger partial charge in [0.05, 0.1) is 10.2 Å². The third-order valence-corrected chi connectivity index (χ3v) is 4.84. The molecule has 0 radical (unpaired) electrons. The molecule has 0 fully saturated rings. The van der Waals surface area contributed by atoms with Crippen LogP contribution in [0.25, 0.3) is 11.1 Å². The summed E-state index contributed by atoms with van der Waals surface area (Å²) in [6, 6.07) is 11.1. The summed E-state index contributed by atoms with van der Waals surface area (Å²) < 4.78 is 12.0. The highest BCUT2D eigenvalue weighted by atomic mass is 32.7. The van der Waals surface area contributed by atoms with Crippen LogP contribution in [0.1, 0.15) is 12.5 Å². The van der Waals surface area contributed by atoms with Crippen molar-refractivity contribution < 1.29 is 14.4 Å². The average Bonchev–Trinajstić information content (AvgIpc) is 2.45. The molecule has 0 amide bonds. The molecule has 0 aliphatic rings. The summed E-state index contributed by atoms with van der Waals surface area (Å²) in [5.74, 6) is 0. The fourth-order valence-corrected chi connectivity index (χ4v) is 3.55. The molecule has 110 valence electrons.